The first kappa shape index (κ1) is 10.9. The molecule has 86 valence electrons. The molecule has 1 aliphatic heterocycles. The van der Waals surface area contributed by atoms with Crippen LogP contribution in [-0.2, 0) is 4.79 Å². The number of nitrogens with one attached hydrogen (secondary N) is 1. The predicted octanol–water partition coefficient (Wildman–Crippen LogP) is 0.379. The quantitative estimate of drug-likeness (QED) is 0.717. The van der Waals surface area contributed by atoms with Gasteiger partial charge in [0.1, 0.15) is 5.82 Å². The zero-order valence-corrected chi connectivity index (χ0v) is 9.53. The topological polar surface area (TPSA) is 71.2 Å². The highest BCUT2D eigenvalue weighted by molar-refractivity contribution is 6.00. The average molecular weight is 220 g/mol. The van der Waals surface area contributed by atoms with Crippen molar-refractivity contribution in [3.05, 3.63) is 18.3 Å². The van der Waals surface area contributed by atoms with Crippen molar-refractivity contribution in [3.63, 3.8) is 0 Å². The molecule has 0 saturated carbocycles. The van der Waals surface area contributed by atoms with Gasteiger partial charge in [-0.2, -0.15) is 0 Å². The summed E-state index contributed by atoms with van der Waals surface area (Å²) >= 11 is 0. The third-order valence-electron chi connectivity index (χ3n) is 2.76. The Hall–Kier alpha value is -1.62. The highest BCUT2D eigenvalue weighted by atomic mass is 16.2. The zero-order chi connectivity index (χ0) is 11.8. The third-order valence-corrected chi connectivity index (χ3v) is 2.76. The van der Waals surface area contributed by atoms with Gasteiger partial charge in [0, 0.05) is 13.1 Å². The maximum Gasteiger partial charge on any atom is 0.246 e. The van der Waals surface area contributed by atoms with Crippen molar-refractivity contribution in [3.8, 4) is 0 Å². The van der Waals surface area contributed by atoms with E-state index in [4.69, 9.17) is 5.73 Å². The fourth-order valence-corrected chi connectivity index (χ4v) is 1.80. The number of carbonyl (C=O) groups excluding carboxylic acids is 1. The van der Waals surface area contributed by atoms with Crippen LogP contribution in [0.3, 0.4) is 0 Å². The van der Waals surface area contributed by atoms with Gasteiger partial charge in [0.15, 0.2) is 0 Å². The molecule has 0 atom stereocenters. The van der Waals surface area contributed by atoms with Gasteiger partial charge >= 0.3 is 0 Å². The van der Waals surface area contributed by atoms with Crippen LogP contribution in [0.25, 0.3) is 0 Å². The minimum atomic E-state index is -0.514. The molecule has 0 aliphatic carbocycles. The summed E-state index contributed by atoms with van der Waals surface area (Å²) in [7, 11) is 0. The van der Waals surface area contributed by atoms with Gasteiger partial charge in [0.05, 0.1) is 17.4 Å². The smallest absolute Gasteiger partial charge is 0.246 e. The number of piperazine rings is 1. The second kappa shape index (κ2) is 3.75. The normalized spacial score (nSPS) is 19.9. The molecule has 0 bridgehead atoms. The Labute approximate surface area is 94.6 Å². The van der Waals surface area contributed by atoms with Crippen LogP contribution in [-0.4, -0.2) is 29.5 Å². The molecular weight excluding hydrogens is 204 g/mol. The molecule has 3 N–H and O–H groups in total. The Morgan fingerprint density at radius 3 is 2.88 bits per heavy atom. The van der Waals surface area contributed by atoms with Crippen molar-refractivity contribution < 1.29 is 4.79 Å². The number of nitrogens with zero attached hydrogens (tertiary/aromatic N) is 2. The summed E-state index contributed by atoms with van der Waals surface area (Å²) in [5, 5.41) is 3.18. The zero-order valence-electron chi connectivity index (χ0n) is 9.53. The number of nitrogen functional groups attached to an aromatic ring is 1. The van der Waals surface area contributed by atoms with Crippen LogP contribution < -0.4 is 16.0 Å². The Balaban J connectivity index is 2.27. The van der Waals surface area contributed by atoms with E-state index < -0.39 is 5.54 Å². The molecule has 0 unspecified atom stereocenters. The monoisotopic (exact) mass is 220 g/mol. The summed E-state index contributed by atoms with van der Waals surface area (Å²) in [6, 6.07) is 3.53. The maximum absolute atomic E-state index is 12.1. The average Bonchev–Trinajstić information content (AvgIpc) is 2.24. The standard InChI is InChI=1S/C11H16N4O/c1-11(2)10(16)15(6-5-14-11)8-3-4-9(12)13-7-8/h3-4,7,14H,5-6H2,1-2H3,(H2,12,13). The largest absolute Gasteiger partial charge is 0.384 e. The molecule has 1 saturated heterocycles. The van der Waals surface area contributed by atoms with E-state index in [9.17, 15) is 4.79 Å². The summed E-state index contributed by atoms with van der Waals surface area (Å²) in [5.41, 5.74) is 5.80. The summed E-state index contributed by atoms with van der Waals surface area (Å²) in [5.74, 6) is 0.524. The number of pyridine rings is 1. The number of carbonyl (C=O) groups is 1. The fraction of sp³-hybridized carbons (Fsp3) is 0.455. The van der Waals surface area contributed by atoms with Gasteiger partial charge in [-0.15, -0.1) is 0 Å². The Morgan fingerprint density at radius 1 is 1.50 bits per heavy atom. The first-order chi connectivity index (χ1) is 7.50. The lowest BCUT2D eigenvalue weighted by Gasteiger charge is -2.37. The number of nitrogens with two attached hydrogens (primary N) is 1. The molecule has 2 rings (SSSR count). The van der Waals surface area contributed by atoms with E-state index in [1.54, 1.807) is 17.2 Å². The molecule has 1 fully saturated rings. The van der Waals surface area contributed by atoms with Crippen LogP contribution in [0.5, 0.6) is 0 Å². The summed E-state index contributed by atoms with van der Waals surface area (Å²) in [4.78, 5) is 17.9. The molecule has 16 heavy (non-hydrogen) atoms. The van der Waals surface area contributed by atoms with Gasteiger partial charge in [-0.05, 0) is 26.0 Å². The molecule has 2 heterocycles. The molecule has 1 aromatic rings. The van der Waals surface area contributed by atoms with Crippen molar-refractivity contribution in [1.82, 2.24) is 10.3 Å². The van der Waals surface area contributed by atoms with E-state index >= 15 is 0 Å². The molecular formula is C11H16N4O. The highest BCUT2D eigenvalue weighted by Crippen LogP contribution is 2.20. The van der Waals surface area contributed by atoms with Gasteiger partial charge in [-0.1, -0.05) is 0 Å². The summed E-state index contributed by atoms with van der Waals surface area (Å²) in [6.45, 7) is 5.20. The van der Waals surface area contributed by atoms with Crippen molar-refractivity contribution in [2.24, 2.45) is 0 Å². The number of aromatic nitrogens is 1. The first-order valence-electron chi connectivity index (χ1n) is 5.29. The van der Waals surface area contributed by atoms with Gasteiger partial charge < -0.3 is 16.0 Å². The molecule has 5 heteroatoms. The summed E-state index contributed by atoms with van der Waals surface area (Å²) < 4.78 is 0. The second-order valence-electron chi connectivity index (χ2n) is 4.45. The molecule has 1 aliphatic rings. The van der Waals surface area contributed by atoms with Gasteiger partial charge in [0.2, 0.25) is 5.91 Å². The minimum Gasteiger partial charge on any atom is -0.384 e. The molecule has 0 aromatic carbocycles. The lowest BCUT2D eigenvalue weighted by atomic mass is 10.0. The van der Waals surface area contributed by atoms with E-state index in [0.717, 1.165) is 12.2 Å². The van der Waals surface area contributed by atoms with E-state index in [1.807, 2.05) is 19.9 Å². The van der Waals surface area contributed by atoms with Gasteiger partial charge in [-0.3, -0.25) is 4.79 Å². The lowest BCUT2D eigenvalue weighted by molar-refractivity contribution is -0.124. The Morgan fingerprint density at radius 2 is 2.25 bits per heavy atom. The van der Waals surface area contributed by atoms with E-state index in [0.29, 0.717) is 12.4 Å². The van der Waals surface area contributed by atoms with Crippen molar-refractivity contribution in [2.75, 3.05) is 23.7 Å². The Kier molecular flexibility index (Phi) is 2.55. The van der Waals surface area contributed by atoms with Crippen molar-refractivity contribution in [2.45, 2.75) is 19.4 Å². The molecule has 5 nitrogen and oxygen atoms in total. The first-order valence-corrected chi connectivity index (χ1v) is 5.29. The van der Waals surface area contributed by atoms with Gasteiger partial charge in [-0.25, -0.2) is 4.98 Å². The number of rotatable bonds is 1. The second-order valence-corrected chi connectivity index (χ2v) is 4.45. The molecule has 0 spiro atoms. The SMILES string of the molecule is CC1(C)NCCN(c2ccc(N)nc2)C1=O. The van der Waals surface area contributed by atoms with Crippen LogP contribution in [0.2, 0.25) is 0 Å². The number of amides is 1. The molecule has 0 radical (unpaired) electrons. The highest BCUT2D eigenvalue weighted by Gasteiger charge is 2.35. The summed E-state index contributed by atoms with van der Waals surface area (Å²) in [6.07, 6.45) is 1.63. The number of anilines is 2. The van der Waals surface area contributed by atoms with Crippen LogP contribution >= 0.6 is 0 Å². The van der Waals surface area contributed by atoms with Gasteiger partial charge in [0.25, 0.3) is 0 Å². The van der Waals surface area contributed by atoms with Crippen LogP contribution in [0.1, 0.15) is 13.8 Å². The fourth-order valence-electron chi connectivity index (χ4n) is 1.80. The Bertz CT molecular complexity index is 399. The minimum absolute atomic E-state index is 0.0605. The van der Waals surface area contributed by atoms with Crippen LogP contribution in [0, 0.1) is 0 Å². The van der Waals surface area contributed by atoms with Crippen LogP contribution in [0.15, 0.2) is 18.3 Å². The van der Waals surface area contributed by atoms with Crippen LogP contribution in [0.4, 0.5) is 11.5 Å². The number of hydrogen-bond acceptors (Lipinski definition) is 4. The third kappa shape index (κ3) is 1.86. The maximum atomic E-state index is 12.1. The van der Waals surface area contributed by atoms with E-state index in [-0.39, 0.29) is 5.91 Å². The van der Waals surface area contributed by atoms with Crippen molar-refractivity contribution >= 4 is 17.4 Å². The molecule has 1 aromatic heterocycles. The number of hydrogen-bond donors (Lipinski definition) is 2. The van der Waals surface area contributed by atoms with E-state index in [1.165, 1.54) is 0 Å². The lowest BCUT2D eigenvalue weighted by Crippen LogP contribution is -2.61. The van der Waals surface area contributed by atoms with Crippen molar-refractivity contribution in [1.29, 1.82) is 0 Å². The predicted molar refractivity (Wildman–Crippen MR) is 63.1 cm³/mol. The molecule has 1 amide bonds. The van der Waals surface area contributed by atoms with E-state index in [2.05, 4.69) is 10.3 Å².